The number of nitrogens with one attached hydrogen (secondary N) is 1. The van der Waals surface area contributed by atoms with Gasteiger partial charge in [0.1, 0.15) is 5.82 Å². The van der Waals surface area contributed by atoms with Gasteiger partial charge in [0.15, 0.2) is 0 Å². The number of hydrogen-bond acceptors (Lipinski definition) is 2. The molecule has 0 saturated carbocycles. The van der Waals surface area contributed by atoms with E-state index in [2.05, 4.69) is 52.1 Å². The van der Waals surface area contributed by atoms with E-state index < -0.39 is 0 Å². The van der Waals surface area contributed by atoms with Gasteiger partial charge in [-0.1, -0.05) is 37.3 Å². The predicted molar refractivity (Wildman–Crippen MR) is 94.4 cm³/mol. The minimum atomic E-state index is 0.00808. The zero-order valence-corrected chi connectivity index (χ0v) is 13.6. The number of aryl methyl sites for hydroxylation is 1. The van der Waals surface area contributed by atoms with E-state index in [1.165, 1.54) is 5.56 Å². The number of imidazole rings is 1. The van der Waals surface area contributed by atoms with Crippen molar-refractivity contribution in [3.8, 4) is 17.1 Å². The minimum Gasteiger partial charge on any atom is -0.352 e. The lowest BCUT2D eigenvalue weighted by molar-refractivity contribution is 0.0946. The molecule has 0 aliphatic carbocycles. The van der Waals surface area contributed by atoms with Gasteiger partial charge in [0.05, 0.1) is 0 Å². The molecule has 0 bridgehead atoms. The smallest absolute Gasteiger partial charge is 0.251 e. The van der Waals surface area contributed by atoms with Crippen LogP contribution in [-0.4, -0.2) is 22.0 Å². The van der Waals surface area contributed by atoms with E-state index in [-0.39, 0.29) is 5.91 Å². The topological polar surface area (TPSA) is 46.9 Å². The Morgan fingerprint density at radius 1 is 1.17 bits per heavy atom. The van der Waals surface area contributed by atoms with E-state index in [0.29, 0.717) is 6.54 Å². The molecule has 4 rings (SSSR count). The number of aromatic nitrogens is 2. The first-order valence-corrected chi connectivity index (χ1v) is 8.31. The Morgan fingerprint density at radius 2 is 2.04 bits per heavy atom. The summed E-state index contributed by atoms with van der Waals surface area (Å²) in [6.07, 6.45) is 5.60. The Morgan fingerprint density at radius 3 is 2.92 bits per heavy atom. The number of nitrogens with zero attached hydrogens (tertiary/aromatic N) is 2. The molecule has 1 amide bonds. The zero-order chi connectivity index (χ0) is 16.5. The van der Waals surface area contributed by atoms with Crippen LogP contribution in [-0.2, 0) is 12.8 Å². The van der Waals surface area contributed by atoms with Crippen molar-refractivity contribution in [2.75, 3.05) is 6.54 Å². The lowest BCUT2D eigenvalue weighted by atomic mass is 9.99. The number of carbonyl (C=O) groups excluding carboxylic acids is 1. The molecule has 4 nitrogen and oxygen atoms in total. The number of rotatable bonds is 3. The Kier molecular flexibility index (Phi) is 3.65. The van der Waals surface area contributed by atoms with Crippen LogP contribution in [0.3, 0.4) is 0 Å². The van der Waals surface area contributed by atoms with E-state index in [9.17, 15) is 4.79 Å². The number of amides is 1. The van der Waals surface area contributed by atoms with Crippen LogP contribution in [0.2, 0.25) is 0 Å². The molecule has 1 aliphatic heterocycles. The third kappa shape index (κ3) is 2.40. The van der Waals surface area contributed by atoms with Crippen LogP contribution in [0.4, 0.5) is 0 Å². The van der Waals surface area contributed by atoms with E-state index in [0.717, 1.165) is 41.0 Å². The Labute approximate surface area is 141 Å². The first-order chi connectivity index (χ1) is 11.8. The molecule has 0 saturated heterocycles. The van der Waals surface area contributed by atoms with Gasteiger partial charge in [-0.2, -0.15) is 0 Å². The molecule has 24 heavy (non-hydrogen) atoms. The van der Waals surface area contributed by atoms with Crippen LogP contribution >= 0.6 is 0 Å². The van der Waals surface area contributed by atoms with Crippen LogP contribution < -0.4 is 5.32 Å². The maximum Gasteiger partial charge on any atom is 0.251 e. The molecule has 0 atom stereocenters. The van der Waals surface area contributed by atoms with Gasteiger partial charge < -0.3 is 5.32 Å². The first kappa shape index (κ1) is 14.7. The van der Waals surface area contributed by atoms with Crippen LogP contribution in [0.1, 0.15) is 28.4 Å². The summed E-state index contributed by atoms with van der Waals surface area (Å²) in [5, 5.41) is 2.91. The molecule has 0 unspecified atom stereocenters. The number of fused-ring (bicyclic) bond motifs is 1. The van der Waals surface area contributed by atoms with Gasteiger partial charge in [-0.05, 0) is 36.1 Å². The van der Waals surface area contributed by atoms with Gasteiger partial charge >= 0.3 is 0 Å². The summed E-state index contributed by atoms with van der Waals surface area (Å²) in [6, 6.07) is 14.4. The standard InChI is InChI=1S/C20H19N3O/c1-2-14-5-3-4-6-17(14)19-21-11-12-23(19)16-8-7-15-9-10-22-20(24)18(15)13-16/h3-8,11-13H,2,9-10H2,1H3,(H,22,24). The van der Waals surface area contributed by atoms with Crippen LogP contribution in [0.5, 0.6) is 0 Å². The summed E-state index contributed by atoms with van der Waals surface area (Å²) < 4.78 is 2.05. The highest BCUT2D eigenvalue weighted by molar-refractivity contribution is 5.97. The van der Waals surface area contributed by atoms with Crippen molar-refractivity contribution < 1.29 is 4.79 Å². The fourth-order valence-electron chi connectivity index (χ4n) is 3.31. The quantitative estimate of drug-likeness (QED) is 0.805. The van der Waals surface area contributed by atoms with Crippen LogP contribution in [0, 0.1) is 0 Å². The average molecular weight is 317 g/mol. The molecule has 2 aromatic carbocycles. The molecule has 1 N–H and O–H groups in total. The fourth-order valence-corrected chi connectivity index (χ4v) is 3.31. The second kappa shape index (κ2) is 5.96. The van der Waals surface area contributed by atoms with Crippen LogP contribution in [0.25, 0.3) is 17.1 Å². The van der Waals surface area contributed by atoms with Crippen molar-refractivity contribution in [3.05, 3.63) is 71.5 Å². The third-order valence-corrected chi connectivity index (χ3v) is 4.58. The maximum absolute atomic E-state index is 12.1. The molecular formula is C20H19N3O. The highest BCUT2D eigenvalue weighted by Crippen LogP contribution is 2.27. The second-order valence-corrected chi connectivity index (χ2v) is 5.98. The van der Waals surface area contributed by atoms with Crippen molar-refractivity contribution in [1.82, 2.24) is 14.9 Å². The molecule has 120 valence electrons. The molecule has 0 fully saturated rings. The SMILES string of the molecule is CCc1ccccc1-c1nccn1-c1ccc2c(c1)C(=O)NCC2. The van der Waals surface area contributed by atoms with Crippen molar-refractivity contribution in [2.24, 2.45) is 0 Å². The lowest BCUT2D eigenvalue weighted by Gasteiger charge is -2.18. The highest BCUT2D eigenvalue weighted by atomic mass is 16.1. The van der Waals surface area contributed by atoms with Gasteiger partial charge in [-0.3, -0.25) is 9.36 Å². The third-order valence-electron chi connectivity index (χ3n) is 4.58. The van der Waals surface area contributed by atoms with Crippen molar-refractivity contribution in [2.45, 2.75) is 19.8 Å². The molecule has 2 heterocycles. The number of carbonyl (C=O) groups is 1. The fraction of sp³-hybridized carbons (Fsp3) is 0.200. The molecule has 0 spiro atoms. The van der Waals surface area contributed by atoms with Crippen molar-refractivity contribution in [1.29, 1.82) is 0 Å². The van der Waals surface area contributed by atoms with E-state index in [1.54, 1.807) is 6.20 Å². The molecule has 1 aromatic heterocycles. The minimum absolute atomic E-state index is 0.00808. The van der Waals surface area contributed by atoms with Gasteiger partial charge in [-0.15, -0.1) is 0 Å². The summed E-state index contributed by atoms with van der Waals surface area (Å²) in [7, 11) is 0. The maximum atomic E-state index is 12.1. The van der Waals surface area contributed by atoms with E-state index in [1.807, 2.05) is 18.3 Å². The average Bonchev–Trinajstić information content (AvgIpc) is 3.11. The molecule has 1 aliphatic rings. The van der Waals surface area contributed by atoms with Crippen LogP contribution in [0.15, 0.2) is 54.9 Å². The number of benzene rings is 2. The normalized spacial score (nSPS) is 13.5. The number of hydrogen-bond donors (Lipinski definition) is 1. The zero-order valence-electron chi connectivity index (χ0n) is 13.6. The monoisotopic (exact) mass is 317 g/mol. The van der Waals surface area contributed by atoms with Crippen molar-refractivity contribution >= 4 is 5.91 Å². The van der Waals surface area contributed by atoms with Gasteiger partial charge in [0.25, 0.3) is 5.91 Å². The second-order valence-electron chi connectivity index (χ2n) is 5.98. The van der Waals surface area contributed by atoms with E-state index >= 15 is 0 Å². The lowest BCUT2D eigenvalue weighted by Crippen LogP contribution is -2.31. The summed E-state index contributed by atoms with van der Waals surface area (Å²) in [5.74, 6) is 0.914. The van der Waals surface area contributed by atoms with Gasteiger partial charge in [0.2, 0.25) is 0 Å². The summed E-state index contributed by atoms with van der Waals surface area (Å²) >= 11 is 0. The summed E-state index contributed by atoms with van der Waals surface area (Å²) in [4.78, 5) is 16.7. The Hall–Kier alpha value is -2.88. The van der Waals surface area contributed by atoms with Crippen molar-refractivity contribution in [3.63, 3.8) is 0 Å². The molecule has 4 heteroatoms. The summed E-state index contributed by atoms with van der Waals surface area (Å²) in [6.45, 7) is 2.86. The molecule has 3 aromatic rings. The van der Waals surface area contributed by atoms with Gasteiger partial charge in [0, 0.05) is 35.8 Å². The Bertz CT molecular complexity index is 911. The highest BCUT2D eigenvalue weighted by Gasteiger charge is 2.18. The summed E-state index contributed by atoms with van der Waals surface area (Å²) in [5.41, 5.74) is 5.23. The molecule has 0 radical (unpaired) electrons. The molecular weight excluding hydrogens is 298 g/mol. The largest absolute Gasteiger partial charge is 0.352 e. The van der Waals surface area contributed by atoms with E-state index in [4.69, 9.17) is 0 Å². The van der Waals surface area contributed by atoms with Gasteiger partial charge in [-0.25, -0.2) is 4.98 Å². The predicted octanol–water partition coefficient (Wildman–Crippen LogP) is 3.39. The first-order valence-electron chi connectivity index (χ1n) is 8.31. The Balaban J connectivity index is 1.84.